The summed E-state index contributed by atoms with van der Waals surface area (Å²) in [7, 11) is 1.59. The third-order valence-electron chi connectivity index (χ3n) is 2.71. The van der Waals surface area contributed by atoms with Crippen LogP contribution < -0.4 is 0 Å². The molecule has 1 rings (SSSR count). The first kappa shape index (κ1) is 13.7. The number of hydrogen-bond acceptors (Lipinski definition) is 3. The fraction of sp³-hybridized carbons (Fsp3) is 0.727. The molecule has 16 heavy (non-hydrogen) atoms. The zero-order valence-corrected chi connectivity index (χ0v) is 11.8. The normalized spacial score (nSPS) is 14.1. The van der Waals surface area contributed by atoms with Gasteiger partial charge in [-0.2, -0.15) is 5.10 Å². The van der Waals surface area contributed by atoms with Gasteiger partial charge in [-0.1, -0.05) is 6.92 Å². The summed E-state index contributed by atoms with van der Waals surface area (Å²) in [5, 5.41) is 14.5. The summed E-state index contributed by atoms with van der Waals surface area (Å²) in [6.45, 7) is 6.58. The van der Waals surface area contributed by atoms with Crippen LogP contribution >= 0.6 is 15.9 Å². The molecule has 0 saturated heterocycles. The summed E-state index contributed by atoms with van der Waals surface area (Å²) < 4.78 is 7.93. The van der Waals surface area contributed by atoms with Crippen LogP contribution in [0.15, 0.2) is 10.7 Å². The quantitative estimate of drug-likeness (QED) is 0.906. The molecule has 1 aromatic rings. The Morgan fingerprint density at radius 2 is 2.25 bits per heavy atom. The average molecular weight is 291 g/mol. The van der Waals surface area contributed by atoms with Crippen LogP contribution in [-0.2, 0) is 11.3 Å². The lowest BCUT2D eigenvalue weighted by Gasteiger charge is -2.29. The van der Waals surface area contributed by atoms with Gasteiger partial charge in [-0.15, -0.1) is 0 Å². The van der Waals surface area contributed by atoms with E-state index in [0.29, 0.717) is 0 Å². The molecular formula is C11H19BrN2O2. The van der Waals surface area contributed by atoms with Crippen molar-refractivity contribution in [2.45, 2.75) is 45.4 Å². The van der Waals surface area contributed by atoms with Crippen molar-refractivity contribution >= 4 is 15.9 Å². The lowest BCUT2D eigenvalue weighted by Crippen LogP contribution is -2.33. The van der Waals surface area contributed by atoms with Crippen LogP contribution in [0.1, 0.15) is 39.0 Å². The van der Waals surface area contributed by atoms with Crippen molar-refractivity contribution in [3.63, 3.8) is 0 Å². The number of hydrogen-bond donors (Lipinski definition) is 1. The Kier molecular flexibility index (Phi) is 4.52. The highest BCUT2D eigenvalue weighted by atomic mass is 79.9. The van der Waals surface area contributed by atoms with Crippen LogP contribution in [-0.4, -0.2) is 27.6 Å². The van der Waals surface area contributed by atoms with E-state index in [1.54, 1.807) is 13.3 Å². The molecule has 1 N–H and O–H groups in total. The van der Waals surface area contributed by atoms with Crippen molar-refractivity contribution < 1.29 is 9.84 Å². The number of rotatable bonds is 5. The molecule has 4 nitrogen and oxygen atoms in total. The largest absolute Gasteiger partial charge is 0.384 e. The van der Waals surface area contributed by atoms with E-state index in [0.717, 1.165) is 23.1 Å². The van der Waals surface area contributed by atoms with Gasteiger partial charge < -0.3 is 9.84 Å². The zero-order chi connectivity index (χ0) is 12.3. The fourth-order valence-electron chi connectivity index (χ4n) is 1.47. The third-order valence-corrected chi connectivity index (χ3v) is 3.32. The van der Waals surface area contributed by atoms with Crippen LogP contribution in [0.3, 0.4) is 0 Å². The van der Waals surface area contributed by atoms with Crippen molar-refractivity contribution in [3.8, 4) is 0 Å². The van der Waals surface area contributed by atoms with Crippen molar-refractivity contribution in [2.24, 2.45) is 0 Å². The molecule has 1 unspecified atom stereocenters. The van der Waals surface area contributed by atoms with Crippen molar-refractivity contribution in [1.29, 1.82) is 0 Å². The number of methoxy groups -OCH3 is 1. The molecular weight excluding hydrogens is 272 g/mol. The minimum absolute atomic E-state index is 0.631. The highest BCUT2D eigenvalue weighted by Crippen LogP contribution is 2.32. The number of nitrogens with zero attached hydrogens (tertiary/aromatic N) is 2. The summed E-state index contributed by atoms with van der Waals surface area (Å²) in [6, 6.07) is 0. The number of halogens is 1. The topological polar surface area (TPSA) is 47.3 Å². The van der Waals surface area contributed by atoms with E-state index < -0.39 is 11.7 Å². The minimum atomic E-state index is -0.707. The number of aliphatic hydroxyl groups excluding tert-OH is 1. The third kappa shape index (κ3) is 2.64. The number of ether oxygens (including phenoxy) is 1. The Bertz CT molecular complexity index is 350. The Morgan fingerprint density at radius 1 is 1.62 bits per heavy atom. The molecule has 0 spiro atoms. The van der Waals surface area contributed by atoms with E-state index in [1.165, 1.54) is 0 Å². The molecule has 1 aromatic heterocycles. The molecule has 0 bridgehead atoms. The van der Waals surface area contributed by atoms with Crippen LogP contribution in [0, 0.1) is 0 Å². The van der Waals surface area contributed by atoms with E-state index in [4.69, 9.17) is 4.74 Å². The summed E-state index contributed by atoms with van der Waals surface area (Å²) in [5.74, 6) is 0. The van der Waals surface area contributed by atoms with Gasteiger partial charge in [-0.05, 0) is 36.2 Å². The van der Waals surface area contributed by atoms with Crippen molar-refractivity contribution in [1.82, 2.24) is 9.78 Å². The van der Waals surface area contributed by atoms with E-state index in [9.17, 15) is 5.11 Å². The summed E-state index contributed by atoms with van der Waals surface area (Å²) in [5.41, 5.74) is 0.141. The standard InChI is InChI=1S/C11H19BrN2O2/c1-5-6-14-9(8(12)7-13-14)10(15)11(2,3)16-4/h7,10,15H,5-6H2,1-4H3. The monoisotopic (exact) mass is 290 g/mol. The van der Waals surface area contributed by atoms with Crippen LogP contribution in [0.2, 0.25) is 0 Å². The van der Waals surface area contributed by atoms with Gasteiger partial charge in [0.2, 0.25) is 0 Å². The molecule has 92 valence electrons. The molecule has 0 aliphatic rings. The fourth-order valence-corrected chi connectivity index (χ4v) is 1.99. The maximum atomic E-state index is 10.3. The van der Waals surface area contributed by atoms with E-state index in [2.05, 4.69) is 28.0 Å². The van der Waals surface area contributed by atoms with Gasteiger partial charge >= 0.3 is 0 Å². The van der Waals surface area contributed by atoms with Gasteiger partial charge in [0, 0.05) is 13.7 Å². The van der Waals surface area contributed by atoms with Crippen LogP contribution in [0.4, 0.5) is 0 Å². The minimum Gasteiger partial charge on any atom is -0.384 e. The number of aliphatic hydroxyl groups is 1. The first-order valence-electron chi connectivity index (χ1n) is 5.38. The zero-order valence-electron chi connectivity index (χ0n) is 10.2. The average Bonchev–Trinajstić information content (AvgIpc) is 2.59. The molecule has 0 radical (unpaired) electrons. The van der Waals surface area contributed by atoms with E-state index in [-0.39, 0.29) is 0 Å². The van der Waals surface area contributed by atoms with Crippen molar-refractivity contribution in [3.05, 3.63) is 16.4 Å². The number of aromatic nitrogens is 2. The van der Waals surface area contributed by atoms with E-state index in [1.807, 2.05) is 18.5 Å². The molecule has 0 amide bonds. The second-order valence-corrected chi connectivity index (χ2v) is 5.17. The lowest BCUT2D eigenvalue weighted by molar-refractivity contribution is -0.0829. The Balaban J connectivity index is 3.06. The van der Waals surface area contributed by atoms with Gasteiger partial charge in [0.25, 0.3) is 0 Å². The molecule has 0 aromatic carbocycles. The van der Waals surface area contributed by atoms with Gasteiger partial charge in [0.05, 0.1) is 22.0 Å². The highest BCUT2D eigenvalue weighted by Gasteiger charge is 2.33. The second-order valence-electron chi connectivity index (χ2n) is 4.31. The molecule has 0 aliphatic heterocycles. The Hall–Kier alpha value is -0.390. The first-order valence-corrected chi connectivity index (χ1v) is 6.17. The molecule has 0 aliphatic carbocycles. The number of aryl methyl sites for hydroxylation is 1. The molecule has 1 heterocycles. The Labute approximate surface area is 105 Å². The van der Waals surface area contributed by atoms with Crippen LogP contribution in [0.5, 0.6) is 0 Å². The van der Waals surface area contributed by atoms with E-state index >= 15 is 0 Å². The van der Waals surface area contributed by atoms with Gasteiger partial charge in [0.1, 0.15) is 6.10 Å². The summed E-state index contributed by atoms with van der Waals surface area (Å²) >= 11 is 3.41. The summed E-state index contributed by atoms with van der Waals surface area (Å²) in [4.78, 5) is 0. The van der Waals surface area contributed by atoms with Gasteiger partial charge in [-0.25, -0.2) is 0 Å². The second kappa shape index (κ2) is 5.29. The molecule has 0 fully saturated rings. The lowest BCUT2D eigenvalue weighted by atomic mass is 9.98. The predicted molar refractivity (Wildman–Crippen MR) is 66.3 cm³/mol. The SMILES string of the molecule is CCCn1ncc(Br)c1C(O)C(C)(C)OC. The highest BCUT2D eigenvalue weighted by molar-refractivity contribution is 9.10. The van der Waals surface area contributed by atoms with Gasteiger partial charge in [0.15, 0.2) is 0 Å². The maximum Gasteiger partial charge on any atom is 0.125 e. The summed E-state index contributed by atoms with van der Waals surface area (Å²) in [6.07, 6.45) is 1.97. The predicted octanol–water partition coefficient (Wildman–Crippen LogP) is 2.51. The van der Waals surface area contributed by atoms with Crippen molar-refractivity contribution in [2.75, 3.05) is 7.11 Å². The van der Waals surface area contributed by atoms with Crippen LogP contribution in [0.25, 0.3) is 0 Å². The molecule has 1 atom stereocenters. The molecule has 0 saturated carbocycles. The van der Waals surface area contributed by atoms with Gasteiger partial charge in [-0.3, -0.25) is 4.68 Å². The Morgan fingerprint density at radius 3 is 2.75 bits per heavy atom. The first-order chi connectivity index (χ1) is 7.44. The molecule has 5 heteroatoms. The smallest absolute Gasteiger partial charge is 0.125 e. The maximum absolute atomic E-state index is 10.3.